The Bertz CT molecular complexity index is 1200. The van der Waals surface area contributed by atoms with Gasteiger partial charge in [-0.15, -0.1) is 0 Å². The van der Waals surface area contributed by atoms with Crippen molar-refractivity contribution in [2.45, 2.75) is 31.3 Å². The minimum Gasteiger partial charge on any atom is -0.313 e. The lowest BCUT2D eigenvalue weighted by Gasteiger charge is -2.47. The zero-order valence-corrected chi connectivity index (χ0v) is 18.9. The molecule has 0 saturated carbocycles. The van der Waals surface area contributed by atoms with Crippen LogP contribution in [-0.2, 0) is 23.3 Å². The van der Waals surface area contributed by atoms with Gasteiger partial charge >= 0.3 is 0 Å². The lowest BCUT2D eigenvalue weighted by atomic mass is 9.83. The first-order valence-electron chi connectivity index (χ1n) is 11.2. The Morgan fingerprint density at radius 3 is 2.48 bits per heavy atom. The molecule has 0 radical (unpaired) electrons. The Kier molecular flexibility index (Phi) is 5.67. The fourth-order valence-electron chi connectivity index (χ4n) is 5.19. The van der Waals surface area contributed by atoms with Gasteiger partial charge in [-0.2, -0.15) is 0 Å². The molecule has 2 aliphatic rings. The van der Waals surface area contributed by atoms with Crippen molar-refractivity contribution in [2.75, 3.05) is 13.1 Å². The lowest BCUT2D eigenvalue weighted by molar-refractivity contribution is -0.139. The number of rotatable bonds is 5. The Balaban J connectivity index is 1.50. The molecule has 2 amide bonds. The highest BCUT2D eigenvalue weighted by atomic mass is 35.5. The molecular weight excluding hydrogens is 439 g/mol. The third-order valence-electron chi connectivity index (χ3n) is 6.76. The van der Waals surface area contributed by atoms with Crippen molar-refractivity contribution in [3.8, 4) is 0 Å². The lowest BCUT2D eigenvalue weighted by Crippen LogP contribution is -2.58. The molecule has 3 aromatic rings. The molecule has 2 aliphatic heterocycles. The van der Waals surface area contributed by atoms with Crippen LogP contribution in [0.1, 0.15) is 39.9 Å². The van der Waals surface area contributed by atoms with Crippen LogP contribution in [-0.4, -0.2) is 34.7 Å². The maximum absolute atomic E-state index is 14.9. The molecule has 1 atom stereocenters. The Hall–Kier alpha value is -3.18. The van der Waals surface area contributed by atoms with E-state index in [1.807, 2.05) is 30.3 Å². The van der Waals surface area contributed by atoms with Gasteiger partial charge in [0.05, 0.1) is 0 Å². The smallest absolute Gasteiger partial charge is 0.256 e. The second-order valence-electron chi connectivity index (χ2n) is 8.61. The van der Waals surface area contributed by atoms with Gasteiger partial charge in [0.15, 0.2) is 0 Å². The van der Waals surface area contributed by atoms with E-state index in [4.69, 9.17) is 11.6 Å². The van der Waals surface area contributed by atoms with E-state index in [1.165, 1.54) is 11.6 Å². The van der Waals surface area contributed by atoms with E-state index in [9.17, 15) is 14.0 Å². The van der Waals surface area contributed by atoms with Crippen LogP contribution >= 0.6 is 11.6 Å². The summed E-state index contributed by atoms with van der Waals surface area (Å²) in [4.78, 5) is 30.5. The normalized spacial score (nSPS) is 19.4. The van der Waals surface area contributed by atoms with E-state index in [1.54, 1.807) is 34.1 Å². The molecule has 0 N–H and O–H groups in total. The van der Waals surface area contributed by atoms with E-state index in [0.717, 1.165) is 12.0 Å². The van der Waals surface area contributed by atoms with Crippen LogP contribution in [0.15, 0.2) is 72.8 Å². The Morgan fingerprint density at radius 2 is 1.73 bits per heavy atom. The number of benzene rings is 3. The summed E-state index contributed by atoms with van der Waals surface area (Å²) in [5.41, 5.74) is 1.63. The van der Waals surface area contributed by atoms with Crippen LogP contribution in [0.3, 0.4) is 0 Å². The second kappa shape index (κ2) is 8.64. The van der Waals surface area contributed by atoms with Gasteiger partial charge in [-0.3, -0.25) is 9.59 Å². The molecule has 0 bridgehead atoms. The number of carbonyl (C=O) groups excluding carboxylic acids is 2. The van der Waals surface area contributed by atoms with Crippen molar-refractivity contribution in [3.63, 3.8) is 0 Å². The van der Waals surface area contributed by atoms with Gasteiger partial charge in [-0.25, -0.2) is 4.39 Å². The summed E-state index contributed by atoms with van der Waals surface area (Å²) in [6, 6.07) is 21.8. The second-order valence-corrected chi connectivity index (χ2v) is 9.04. The first-order valence-corrected chi connectivity index (χ1v) is 11.6. The molecule has 2 heterocycles. The number of aryl methyl sites for hydroxylation is 1. The minimum absolute atomic E-state index is 0.0315. The van der Waals surface area contributed by atoms with Crippen molar-refractivity contribution >= 4 is 23.4 Å². The van der Waals surface area contributed by atoms with Gasteiger partial charge in [0, 0.05) is 42.1 Å². The molecule has 4 nitrogen and oxygen atoms in total. The van der Waals surface area contributed by atoms with Gasteiger partial charge in [0.2, 0.25) is 5.91 Å². The zero-order chi connectivity index (χ0) is 23.0. The Labute approximate surface area is 197 Å². The number of hydrogen-bond acceptors (Lipinski definition) is 2. The third-order valence-corrected chi connectivity index (χ3v) is 7.02. The van der Waals surface area contributed by atoms with Gasteiger partial charge < -0.3 is 9.80 Å². The third kappa shape index (κ3) is 3.70. The summed E-state index contributed by atoms with van der Waals surface area (Å²) in [6.45, 7) is 0.815. The number of amides is 2. The number of hydrogen-bond donors (Lipinski definition) is 0. The molecule has 3 aromatic carbocycles. The summed E-state index contributed by atoms with van der Waals surface area (Å²) in [7, 11) is 0. The van der Waals surface area contributed by atoms with E-state index in [-0.39, 0.29) is 18.2 Å². The van der Waals surface area contributed by atoms with Gasteiger partial charge in [0.1, 0.15) is 11.5 Å². The van der Waals surface area contributed by atoms with Crippen molar-refractivity contribution in [1.82, 2.24) is 9.80 Å². The van der Waals surface area contributed by atoms with E-state index in [2.05, 4.69) is 12.1 Å². The first kappa shape index (κ1) is 21.7. The number of nitrogens with zero attached hydrogens (tertiary/aromatic N) is 2. The van der Waals surface area contributed by atoms with Crippen LogP contribution in [0.25, 0.3) is 0 Å². The highest BCUT2D eigenvalue weighted by molar-refractivity contribution is 6.30. The average molecular weight is 463 g/mol. The number of halogens is 2. The summed E-state index contributed by atoms with van der Waals surface area (Å²) < 4.78 is 14.9. The predicted molar refractivity (Wildman–Crippen MR) is 125 cm³/mol. The largest absolute Gasteiger partial charge is 0.313 e. The topological polar surface area (TPSA) is 40.6 Å². The first-order chi connectivity index (χ1) is 16.0. The molecular formula is C27H24ClFN2O2. The maximum Gasteiger partial charge on any atom is 0.256 e. The van der Waals surface area contributed by atoms with Crippen molar-refractivity contribution in [2.24, 2.45) is 0 Å². The minimum atomic E-state index is -1.05. The highest BCUT2D eigenvalue weighted by Gasteiger charge is 2.55. The van der Waals surface area contributed by atoms with Gasteiger partial charge in [0.25, 0.3) is 5.91 Å². The standard InChI is InChI=1S/C27H24ClFN2O2/c28-21-14-12-20(13-15-21)27-18-23-22(9-5-10-24(23)29)26(33)31(27)17-16-30(27)25(32)11-4-8-19-6-2-1-3-7-19/h1-3,5-7,9-10,12-15H,4,8,11,16-18H2. The van der Waals surface area contributed by atoms with Crippen LogP contribution < -0.4 is 0 Å². The maximum atomic E-state index is 14.9. The fourth-order valence-corrected chi connectivity index (χ4v) is 5.32. The predicted octanol–water partition coefficient (Wildman–Crippen LogP) is 5.20. The molecule has 0 spiro atoms. The SMILES string of the molecule is O=C(CCCc1ccccc1)N1CCN2C(=O)c3cccc(F)c3CC12c1ccc(Cl)cc1. The van der Waals surface area contributed by atoms with E-state index in [0.29, 0.717) is 42.1 Å². The van der Waals surface area contributed by atoms with E-state index >= 15 is 0 Å². The Morgan fingerprint density at radius 1 is 0.970 bits per heavy atom. The highest BCUT2D eigenvalue weighted by Crippen LogP contribution is 2.45. The summed E-state index contributed by atoms with van der Waals surface area (Å²) in [5, 5.41) is 0.564. The summed E-state index contributed by atoms with van der Waals surface area (Å²) >= 11 is 6.13. The van der Waals surface area contributed by atoms with Crippen LogP contribution in [0.2, 0.25) is 5.02 Å². The number of fused-ring (bicyclic) bond motifs is 2. The summed E-state index contributed by atoms with van der Waals surface area (Å²) in [5.74, 6) is -0.696. The van der Waals surface area contributed by atoms with Crippen LogP contribution in [0.5, 0.6) is 0 Å². The molecule has 5 rings (SSSR count). The molecule has 1 saturated heterocycles. The van der Waals surface area contributed by atoms with Crippen molar-refractivity contribution in [3.05, 3.63) is 106 Å². The molecule has 1 unspecified atom stereocenters. The molecule has 1 fully saturated rings. The molecule has 33 heavy (non-hydrogen) atoms. The average Bonchev–Trinajstić information content (AvgIpc) is 3.22. The molecule has 168 valence electrons. The quantitative estimate of drug-likeness (QED) is 0.523. The van der Waals surface area contributed by atoms with Gasteiger partial charge in [-0.1, -0.05) is 60.1 Å². The van der Waals surface area contributed by atoms with Crippen LogP contribution in [0.4, 0.5) is 4.39 Å². The molecule has 0 aliphatic carbocycles. The number of carbonyl (C=O) groups is 2. The van der Waals surface area contributed by atoms with Crippen molar-refractivity contribution in [1.29, 1.82) is 0 Å². The fraction of sp³-hybridized carbons (Fsp3) is 0.259. The summed E-state index contributed by atoms with van der Waals surface area (Å²) in [6.07, 6.45) is 2.08. The van der Waals surface area contributed by atoms with Crippen LogP contribution in [0, 0.1) is 5.82 Å². The molecule has 6 heteroatoms. The molecule has 0 aromatic heterocycles. The van der Waals surface area contributed by atoms with Crippen molar-refractivity contribution < 1.29 is 14.0 Å². The zero-order valence-electron chi connectivity index (χ0n) is 18.1. The van der Waals surface area contributed by atoms with E-state index < -0.39 is 11.5 Å². The monoisotopic (exact) mass is 462 g/mol. The van der Waals surface area contributed by atoms with Gasteiger partial charge in [-0.05, 0) is 48.2 Å².